The van der Waals surface area contributed by atoms with Gasteiger partial charge in [0, 0.05) is 44.0 Å². The Kier molecular flexibility index (Phi) is 15.5. The molecule has 12 heteroatoms. The monoisotopic (exact) mass is 628 g/mol. The lowest BCUT2D eigenvalue weighted by molar-refractivity contribution is -0.116. The van der Waals surface area contributed by atoms with Gasteiger partial charge in [-0.1, -0.05) is 35.3 Å². The van der Waals surface area contributed by atoms with E-state index in [1.165, 1.54) is 20.2 Å². The molecule has 2 aromatic carbocycles. The quantitative estimate of drug-likeness (QED) is 0.199. The number of benzene rings is 2. The van der Waals surface area contributed by atoms with Crippen LogP contribution in [0.25, 0.3) is 11.4 Å². The molecule has 0 unspecified atom stereocenters. The first-order valence-corrected chi connectivity index (χ1v) is 13.3. The third-order valence-corrected chi connectivity index (χ3v) is 5.03. The highest BCUT2D eigenvalue weighted by Gasteiger charge is 2.02. The molecule has 0 fully saturated rings. The van der Waals surface area contributed by atoms with Gasteiger partial charge in [-0.25, -0.2) is 0 Å². The van der Waals surface area contributed by atoms with Crippen molar-refractivity contribution >= 4 is 57.6 Å². The van der Waals surface area contributed by atoms with E-state index in [1.807, 2.05) is 12.1 Å². The summed E-state index contributed by atoms with van der Waals surface area (Å²) in [5, 5.41) is 26.2. The van der Waals surface area contributed by atoms with E-state index in [-0.39, 0.29) is 11.1 Å². The van der Waals surface area contributed by atoms with Crippen molar-refractivity contribution in [3.8, 4) is 23.5 Å². The molecule has 0 saturated carbocycles. The Bertz CT molecular complexity index is 1710. The zero-order chi connectivity index (χ0) is 30.9. The molecule has 1 N–H and O–H groups in total. The van der Waals surface area contributed by atoms with E-state index in [4.69, 9.17) is 39.1 Å². The average Bonchev–Trinajstić information content (AvgIpc) is 2.96. The molecule has 0 atom stereocenters. The molecule has 0 aliphatic carbocycles. The van der Waals surface area contributed by atoms with Gasteiger partial charge in [-0.2, -0.15) is 15.5 Å². The van der Waals surface area contributed by atoms with Crippen LogP contribution in [-0.4, -0.2) is 26.7 Å². The number of hydrogen-bond donors (Lipinski definition) is 1. The van der Waals surface area contributed by atoms with Gasteiger partial charge < -0.3 is 9.13 Å². The number of rotatable bonds is 2. The summed E-state index contributed by atoms with van der Waals surface area (Å²) in [6, 6.07) is 24.8. The number of nitrogens with zero attached hydrogens (tertiary/aromatic N) is 5. The number of nitrogens with one attached hydrogen (secondary N) is 1. The number of carbonyl (C=O) groups excluding carboxylic acids is 2. The lowest BCUT2D eigenvalue weighted by Gasteiger charge is -2.08. The zero-order valence-electron chi connectivity index (χ0n) is 22.1. The Morgan fingerprint density at radius 2 is 1.22 bits per heavy atom. The highest BCUT2D eigenvalue weighted by molar-refractivity contribution is 6.62. The SMILES string of the molecule is CC(=O)Cl.CC(=O)N=c1ccc(Cl)cn1-c1cccc(C#N)c1.CCl.N#Cc1cccc(-n2cc(Cl)ccc2=N)c1. The van der Waals surface area contributed by atoms with Gasteiger partial charge in [0.15, 0.2) is 0 Å². The molecule has 1 amide bonds. The molecular formula is C29H24Cl4N6O2. The van der Waals surface area contributed by atoms with Gasteiger partial charge in [0.1, 0.15) is 11.0 Å². The maximum atomic E-state index is 11.1. The predicted octanol–water partition coefficient (Wildman–Crippen LogP) is 6.56. The standard InChI is InChI=1S/C14H10ClN3O.C12H8ClN3.C2H3ClO.CH3Cl/c1-10(19)17-14-6-5-12(15)9-18(14)13-4-2-3-11(7-13)8-16;13-10-4-5-12(15)16(8-10)11-3-1-2-9(6-11)7-14;1-2(3)4;1-2/h2-7,9H,1H3;1-6,8,15H;1H3;1H3. The fourth-order valence-electron chi connectivity index (χ4n) is 3.07. The Morgan fingerprint density at radius 3 is 1.68 bits per heavy atom. The first-order chi connectivity index (χ1) is 19.5. The summed E-state index contributed by atoms with van der Waals surface area (Å²) >= 11 is 21.1. The van der Waals surface area contributed by atoms with Crippen molar-refractivity contribution in [1.82, 2.24) is 9.13 Å². The fourth-order valence-corrected chi connectivity index (χ4v) is 3.39. The van der Waals surface area contributed by atoms with E-state index in [2.05, 4.69) is 40.3 Å². The van der Waals surface area contributed by atoms with E-state index in [0.717, 1.165) is 11.4 Å². The van der Waals surface area contributed by atoms with Gasteiger partial charge in [0.05, 0.1) is 33.3 Å². The van der Waals surface area contributed by atoms with Gasteiger partial charge >= 0.3 is 0 Å². The summed E-state index contributed by atoms with van der Waals surface area (Å²) in [5.41, 5.74) is 3.35. The van der Waals surface area contributed by atoms with Crippen molar-refractivity contribution in [3.05, 3.63) is 117 Å². The number of alkyl halides is 1. The Hall–Kier alpha value is -4.18. The second-order valence-electron chi connectivity index (χ2n) is 7.60. The minimum atomic E-state index is -0.361. The minimum absolute atomic E-state index is 0.299. The van der Waals surface area contributed by atoms with Crippen molar-refractivity contribution in [1.29, 1.82) is 15.9 Å². The molecule has 41 heavy (non-hydrogen) atoms. The average molecular weight is 630 g/mol. The Labute approximate surface area is 257 Å². The molecule has 4 rings (SSSR count). The molecule has 0 aliphatic heterocycles. The van der Waals surface area contributed by atoms with Crippen LogP contribution >= 0.6 is 46.4 Å². The highest BCUT2D eigenvalue weighted by atomic mass is 35.5. The van der Waals surface area contributed by atoms with Crippen LogP contribution in [0.5, 0.6) is 0 Å². The van der Waals surface area contributed by atoms with Crippen molar-refractivity contribution in [2.45, 2.75) is 13.8 Å². The van der Waals surface area contributed by atoms with Gasteiger partial charge in [0.25, 0.3) is 0 Å². The number of aromatic nitrogens is 2. The highest BCUT2D eigenvalue weighted by Crippen LogP contribution is 2.12. The van der Waals surface area contributed by atoms with Gasteiger partial charge in [-0.3, -0.25) is 15.0 Å². The van der Waals surface area contributed by atoms with Gasteiger partial charge in [0.2, 0.25) is 11.1 Å². The maximum absolute atomic E-state index is 11.1. The van der Waals surface area contributed by atoms with Crippen LogP contribution in [0.15, 0.2) is 90.2 Å². The topological polar surface area (TPSA) is 128 Å². The molecule has 4 aromatic rings. The lowest BCUT2D eigenvalue weighted by atomic mass is 10.2. The van der Waals surface area contributed by atoms with Crippen LogP contribution in [0.2, 0.25) is 10.0 Å². The number of carbonyl (C=O) groups is 2. The third kappa shape index (κ3) is 12.3. The molecule has 0 bridgehead atoms. The van der Waals surface area contributed by atoms with E-state index < -0.39 is 0 Å². The number of hydrogen-bond acceptors (Lipinski definition) is 5. The summed E-state index contributed by atoms with van der Waals surface area (Å²) in [6.07, 6.45) is 4.78. The third-order valence-electron chi connectivity index (χ3n) is 4.58. The summed E-state index contributed by atoms with van der Waals surface area (Å²) in [4.78, 5) is 24.3. The second kappa shape index (κ2) is 18.2. The lowest BCUT2D eigenvalue weighted by Crippen LogP contribution is -2.19. The molecule has 0 radical (unpaired) electrons. The summed E-state index contributed by atoms with van der Waals surface area (Å²) in [5.74, 6) is -0.299. The van der Waals surface area contributed by atoms with Crippen molar-refractivity contribution < 1.29 is 9.59 Å². The summed E-state index contributed by atoms with van der Waals surface area (Å²) in [6.45, 7) is 2.67. The first-order valence-electron chi connectivity index (χ1n) is 11.4. The van der Waals surface area contributed by atoms with E-state index in [9.17, 15) is 9.59 Å². The fraction of sp³-hybridized carbons (Fsp3) is 0.103. The van der Waals surface area contributed by atoms with E-state index >= 15 is 0 Å². The molecule has 210 valence electrons. The molecule has 2 aromatic heterocycles. The van der Waals surface area contributed by atoms with Crippen LogP contribution in [0, 0.1) is 28.1 Å². The van der Waals surface area contributed by atoms with Crippen LogP contribution in [0.3, 0.4) is 0 Å². The van der Waals surface area contributed by atoms with Crippen molar-refractivity contribution in [2.24, 2.45) is 4.99 Å². The zero-order valence-corrected chi connectivity index (χ0v) is 25.2. The van der Waals surface area contributed by atoms with Crippen LogP contribution < -0.4 is 11.0 Å². The first kappa shape index (κ1) is 34.8. The molecular weight excluding hydrogens is 606 g/mol. The van der Waals surface area contributed by atoms with Crippen LogP contribution in [-0.2, 0) is 9.59 Å². The molecule has 0 saturated heterocycles. The summed E-state index contributed by atoms with van der Waals surface area (Å²) < 4.78 is 3.30. The number of amides is 1. The maximum Gasteiger partial charge on any atom is 0.244 e. The molecule has 0 spiro atoms. The number of nitriles is 2. The van der Waals surface area contributed by atoms with Gasteiger partial charge in [-0.05, 0) is 72.3 Å². The van der Waals surface area contributed by atoms with Crippen molar-refractivity contribution in [2.75, 3.05) is 6.38 Å². The minimum Gasteiger partial charge on any atom is -0.301 e. The molecule has 2 heterocycles. The van der Waals surface area contributed by atoms with Crippen LogP contribution in [0.1, 0.15) is 25.0 Å². The van der Waals surface area contributed by atoms with Crippen molar-refractivity contribution in [3.63, 3.8) is 0 Å². The van der Waals surface area contributed by atoms with E-state index in [0.29, 0.717) is 32.1 Å². The van der Waals surface area contributed by atoms with E-state index in [1.54, 1.807) is 82.2 Å². The number of pyridine rings is 2. The summed E-state index contributed by atoms with van der Waals surface area (Å²) in [7, 11) is 0. The second-order valence-corrected chi connectivity index (χ2v) is 9.01. The predicted molar refractivity (Wildman–Crippen MR) is 161 cm³/mol. The molecule has 8 nitrogen and oxygen atoms in total. The molecule has 0 aliphatic rings. The largest absolute Gasteiger partial charge is 0.301 e. The normalized spacial score (nSPS) is 9.73. The smallest absolute Gasteiger partial charge is 0.244 e. The van der Waals surface area contributed by atoms with Crippen LogP contribution in [0.4, 0.5) is 0 Å². The number of halogens is 4. The Morgan fingerprint density at radius 1 is 0.780 bits per heavy atom. The van der Waals surface area contributed by atoms with Gasteiger partial charge in [-0.15, -0.1) is 11.6 Å². The Balaban J connectivity index is 0.000000348.